The van der Waals surface area contributed by atoms with E-state index in [9.17, 15) is 9.59 Å². The van der Waals surface area contributed by atoms with E-state index in [0.29, 0.717) is 24.3 Å². The highest BCUT2D eigenvalue weighted by molar-refractivity contribution is 5.90. The minimum Gasteiger partial charge on any atom is -0.494 e. The number of ether oxygens (including phenoxy) is 6. The van der Waals surface area contributed by atoms with Gasteiger partial charge in [-0.05, 0) is 83.6 Å². The normalized spacial score (nSPS) is 11.0. The lowest BCUT2D eigenvalue weighted by Crippen LogP contribution is -2.15. The zero-order chi connectivity index (χ0) is 39.5. The first-order valence-corrected chi connectivity index (χ1v) is 20.7. The predicted molar refractivity (Wildman–Crippen MR) is 224 cm³/mol. The van der Waals surface area contributed by atoms with Gasteiger partial charge in [-0.1, -0.05) is 127 Å². The van der Waals surface area contributed by atoms with Crippen LogP contribution < -0.4 is 9.47 Å². The highest BCUT2D eigenvalue weighted by Gasteiger charge is 2.10. The van der Waals surface area contributed by atoms with Crippen LogP contribution in [0.4, 0.5) is 0 Å². The van der Waals surface area contributed by atoms with Gasteiger partial charge in [0.25, 0.3) is 0 Å². The minimum absolute atomic E-state index is 0.135. The molecule has 302 valence electrons. The van der Waals surface area contributed by atoms with E-state index in [1.165, 1.54) is 64.2 Å². The van der Waals surface area contributed by atoms with Gasteiger partial charge in [0, 0.05) is 0 Å². The molecule has 4 aromatic carbocycles. The molecule has 0 fully saturated rings. The first-order valence-electron chi connectivity index (χ1n) is 20.7. The third-order valence-corrected chi connectivity index (χ3v) is 9.44. The molecule has 0 heterocycles. The van der Waals surface area contributed by atoms with E-state index in [4.69, 9.17) is 28.4 Å². The van der Waals surface area contributed by atoms with E-state index in [0.717, 1.165) is 59.8 Å². The van der Waals surface area contributed by atoms with Crippen LogP contribution in [0.1, 0.15) is 112 Å². The molecule has 0 aliphatic carbocycles. The van der Waals surface area contributed by atoms with Crippen molar-refractivity contribution >= 4 is 11.9 Å². The van der Waals surface area contributed by atoms with Gasteiger partial charge in [0.2, 0.25) is 0 Å². The summed E-state index contributed by atoms with van der Waals surface area (Å²) in [6.07, 6.45) is 14.9. The van der Waals surface area contributed by atoms with Gasteiger partial charge in [0.1, 0.15) is 24.7 Å². The quantitative estimate of drug-likeness (QED) is 0.0399. The van der Waals surface area contributed by atoms with Crippen LogP contribution in [0.5, 0.6) is 11.5 Å². The lowest BCUT2D eigenvalue weighted by Gasteiger charge is -2.09. The summed E-state index contributed by atoms with van der Waals surface area (Å²) in [4.78, 5) is 25.0. The number of hydrogen-bond acceptors (Lipinski definition) is 8. The molecule has 0 amide bonds. The van der Waals surface area contributed by atoms with Gasteiger partial charge in [-0.25, -0.2) is 9.59 Å². The third-order valence-electron chi connectivity index (χ3n) is 9.44. The van der Waals surface area contributed by atoms with Crippen LogP contribution in [-0.4, -0.2) is 64.8 Å². The zero-order valence-corrected chi connectivity index (χ0v) is 33.6. The van der Waals surface area contributed by atoms with Crippen LogP contribution >= 0.6 is 0 Å². The van der Waals surface area contributed by atoms with Gasteiger partial charge in [0.15, 0.2) is 0 Å². The average molecular weight is 767 g/mol. The molecule has 0 aromatic heterocycles. The summed E-state index contributed by atoms with van der Waals surface area (Å²) in [6.45, 7) is 7.38. The second-order valence-electron chi connectivity index (χ2n) is 13.9. The van der Waals surface area contributed by atoms with Gasteiger partial charge < -0.3 is 28.4 Å². The SMILES string of the molecule is CCCCCCCCOc1ccc(-c2ccc(C(=O)OCCOCCOCCOC(=O)c3ccc(-c4ccc(OCCCCCCCC)cc4)cc3)cc2)cc1. The molecular formula is C48H62O8. The minimum atomic E-state index is -0.399. The van der Waals surface area contributed by atoms with E-state index in [1.807, 2.05) is 72.8 Å². The summed E-state index contributed by atoms with van der Waals surface area (Å²) in [5, 5.41) is 0. The van der Waals surface area contributed by atoms with Crippen molar-refractivity contribution in [1.29, 1.82) is 0 Å². The summed E-state index contributed by atoms with van der Waals surface area (Å²) >= 11 is 0. The number of unbranched alkanes of at least 4 members (excludes halogenated alkanes) is 10. The van der Waals surface area contributed by atoms with Gasteiger partial charge in [-0.3, -0.25) is 0 Å². The number of carbonyl (C=O) groups excluding carboxylic acids is 2. The molecular weight excluding hydrogens is 705 g/mol. The van der Waals surface area contributed by atoms with Crippen molar-refractivity contribution in [3.63, 3.8) is 0 Å². The molecule has 4 aromatic rings. The second-order valence-corrected chi connectivity index (χ2v) is 13.9. The number of carbonyl (C=O) groups is 2. The first-order chi connectivity index (χ1) is 27.6. The maximum Gasteiger partial charge on any atom is 0.338 e. The van der Waals surface area contributed by atoms with Crippen molar-refractivity contribution in [2.45, 2.75) is 90.9 Å². The summed E-state index contributed by atoms with van der Waals surface area (Å²) < 4.78 is 33.5. The molecule has 0 atom stereocenters. The lowest BCUT2D eigenvalue weighted by molar-refractivity contribution is 0.00230. The van der Waals surface area contributed by atoms with Crippen LogP contribution in [0.15, 0.2) is 97.1 Å². The largest absolute Gasteiger partial charge is 0.494 e. The van der Waals surface area contributed by atoms with E-state index in [2.05, 4.69) is 13.8 Å². The van der Waals surface area contributed by atoms with Gasteiger partial charge in [0.05, 0.1) is 50.8 Å². The first kappa shape index (κ1) is 44.1. The van der Waals surface area contributed by atoms with Crippen molar-refractivity contribution in [2.75, 3.05) is 52.9 Å². The Morgan fingerprint density at radius 1 is 0.357 bits per heavy atom. The summed E-state index contributed by atoms with van der Waals surface area (Å²) in [6, 6.07) is 30.8. The fourth-order valence-electron chi connectivity index (χ4n) is 6.10. The third kappa shape index (κ3) is 17.0. The van der Waals surface area contributed by atoms with Gasteiger partial charge in [-0.15, -0.1) is 0 Å². The Balaban J connectivity index is 1.00. The molecule has 56 heavy (non-hydrogen) atoms. The highest BCUT2D eigenvalue weighted by atomic mass is 16.6. The molecule has 0 aliphatic rings. The molecule has 0 bridgehead atoms. The molecule has 0 radical (unpaired) electrons. The standard InChI is InChI=1S/C48H62O8/c1-3-5-7-9-11-13-31-53-45-27-23-41(24-28-45)39-15-19-43(20-16-39)47(49)55-37-35-51-33-34-52-36-38-56-48(50)44-21-17-40(18-22-44)42-25-29-46(30-26-42)54-32-14-12-10-8-6-4-2/h15-30H,3-14,31-38H2,1-2H3. The van der Waals surface area contributed by atoms with E-state index < -0.39 is 11.9 Å². The topological polar surface area (TPSA) is 89.5 Å². The van der Waals surface area contributed by atoms with Crippen molar-refractivity contribution in [2.24, 2.45) is 0 Å². The number of esters is 2. The van der Waals surface area contributed by atoms with E-state index in [1.54, 1.807) is 24.3 Å². The van der Waals surface area contributed by atoms with E-state index in [-0.39, 0.29) is 26.4 Å². The molecule has 4 rings (SSSR count). The number of rotatable bonds is 29. The Morgan fingerprint density at radius 2 is 0.661 bits per heavy atom. The van der Waals surface area contributed by atoms with Crippen LogP contribution in [0, 0.1) is 0 Å². The van der Waals surface area contributed by atoms with Crippen LogP contribution in [0.25, 0.3) is 22.3 Å². The number of hydrogen-bond donors (Lipinski definition) is 0. The maximum absolute atomic E-state index is 12.5. The van der Waals surface area contributed by atoms with Crippen LogP contribution in [0.2, 0.25) is 0 Å². The van der Waals surface area contributed by atoms with E-state index >= 15 is 0 Å². The van der Waals surface area contributed by atoms with Crippen molar-refractivity contribution in [3.8, 4) is 33.8 Å². The Labute approximate surface area is 334 Å². The van der Waals surface area contributed by atoms with Crippen molar-refractivity contribution < 1.29 is 38.0 Å². The molecule has 0 saturated heterocycles. The average Bonchev–Trinajstić information content (AvgIpc) is 3.24. The fourth-order valence-corrected chi connectivity index (χ4v) is 6.10. The maximum atomic E-state index is 12.5. The Bertz CT molecular complexity index is 1510. The summed E-state index contributed by atoms with van der Waals surface area (Å²) in [7, 11) is 0. The zero-order valence-electron chi connectivity index (χ0n) is 33.6. The Morgan fingerprint density at radius 3 is 1.02 bits per heavy atom. The van der Waals surface area contributed by atoms with Crippen molar-refractivity contribution in [3.05, 3.63) is 108 Å². The summed E-state index contributed by atoms with van der Waals surface area (Å²) in [5.74, 6) is 0.948. The predicted octanol–water partition coefficient (Wildman–Crippen LogP) is 11.5. The smallest absolute Gasteiger partial charge is 0.338 e. The van der Waals surface area contributed by atoms with Crippen LogP contribution in [-0.2, 0) is 18.9 Å². The molecule has 0 unspecified atom stereocenters. The van der Waals surface area contributed by atoms with Gasteiger partial charge in [-0.2, -0.15) is 0 Å². The summed E-state index contributed by atoms with van der Waals surface area (Å²) in [5.41, 5.74) is 5.10. The molecule has 0 saturated carbocycles. The lowest BCUT2D eigenvalue weighted by atomic mass is 10.0. The molecule has 8 heteroatoms. The van der Waals surface area contributed by atoms with Crippen molar-refractivity contribution in [1.82, 2.24) is 0 Å². The Kier molecular flexibility index (Phi) is 21.3. The molecule has 8 nitrogen and oxygen atoms in total. The van der Waals surface area contributed by atoms with Crippen LogP contribution in [0.3, 0.4) is 0 Å². The Hall–Kier alpha value is -4.66. The molecule has 0 spiro atoms. The molecule has 0 aliphatic heterocycles. The number of benzene rings is 4. The highest BCUT2D eigenvalue weighted by Crippen LogP contribution is 2.25. The molecule has 0 N–H and O–H groups in total. The fraction of sp³-hybridized carbons (Fsp3) is 0.458. The second kappa shape index (κ2) is 27.0. The monoisotopic (exact) mass is 766 g/mol. The van der Waals surface area contributed by atoms with Gasteiger partial charge >= 0.3 is 11.9 Å².